The monoisotopic (exact) mass is 375 g/mol. The van der Waals surface area contributed by atoms with Gasteiger partial charge in [-0.25, -0.2) is 9.36 Å². The highest BCUT2D eigenvalue weighted by atomic mass is 16.5. The molecule has 0 bridgehead atoms. The highest BCUT2D eigenvalue weighted by molar-refractivity contribution is 6.05. The van der Waals surface area contributed by atoms with Gasteiger partial charge in [-0.05, 0) is 6.07 Å². The van der Waals surface area contributed by atoms with E-state index in [1.54, 1.807) is 52.8 Å². The standard InChI is InChI=1S/C19H17N7O2/c1-24-15-10-20-14-7-16(28-3)12(11-8-21-22-9-11)6-13(14)18(15)26(19(24)27)17-4-5-23-25(17)2/h4-10H,1-3H3,(H,21,22). The van der Waals surface area contributed by atoms with Gasteiger partial charge < -0.3 is 4.74 Å². The lowest BCUT2D eigenvalue weighted by molar-refractivity contribution is 0.417. The third-order valence-corrected chi connectivity index (χ3v) is 5.04. The number of rotatable bonds is 3. The number of aryl methyl sites for hydroxylation is 2. The molecule has 9 heteroatoms. The Labute approximate surface area is 158 Å². The molecular weight excluding hydrogens is 358 g/mol. The number of nitrogens with zero attached hydrogens (tertiary/aromatic N) is 6. The highest BCUT2D eigenvalue weighted by Gasteiger charge is 2.20. The summed E-state index contributed by atoms with van der Waals surface area (Å²) in [4.78, 5) is 17.6. The Bertz CT molecular complexity index is 1390. The SMILES string of the molecule is COc1cc2ncc3c(c2cc1-c1cn[nH]c1)n(-c1ccnn1C)c(=O)n3C. The van der Waals surface area contributed by atoms with Gasteiger partial charge in [0.25, 0.3) is 0 Å². The van der Waals surface area contributed by atoms with Crippen molar-refractivity contribution in [1.82, 2.24) is 34.1 Å². The first-order valence-electron chi connectivity index (χ1n) is 8.66. The van der Waals surface area contributed by atoms with Crippen LogP contribution < -0.4 is 10.4 Å². The van der Waals surface area contributed by atoms with E-state index >= 15 is 0 Å². The zero-order valence-corrected chi connectivity index (χ0v) is 15.5. The van der Waals surface area contributed by atoms with E-state index in [1.165, 1.54) is 0 Å². The molecule has 9 nitrogen and oxygen atoms in total. The molecule has 4 heterocycles. The molecule has 0 saturated heterocycles. The summed E-state index contributed by atoms with van der Waals surface area (Å²) in [5.74, 6) is 1.37. The van der Waals surface area contributed by atoms with Gasteiger partial charge >= 0.3 is 5.69 Å². The van der Waals surface area contributed by atoms with Gasteiger partial charge in [-0.2, -0.15) is 10.2 Å². The first-order valence-corrected chi connectivity index (χ1v) is 8.66. The number of pyridine rings is 1. The van der Waals surface area contributed by atoms with Gasteiger partial charge in [0, 0.05) is 48.9 Å². The van der Waals surface area contributed by atoms with Gasteiger partial charge in [-0.15, -0.1) is 0 Å². The fraction of sp³-hybridized carbons (Fsp3) is 0.158. The van der Waals surface area contributed by atoms with Crippen molar-refractivity contribution in [3.63, 3.8) is 0 Å². The Morgan fingerprint density at radius 3 is 2.71 bits per heavy atom. The second-order valence-electron chi connectivity index (χ2n) is 6.54. The maximum absolute atomic E-state index is 13.0. The molecule has 0 unspecified atom stereocenters. The molecule has 0 saturated carbocycles. The van der Waals surface area contributed by atoms with Crippen LogP contribution >= 0.6 is 0 Å². The summed E-state index contributed by atoms with van der Waals surface area (Å²) in [5, 5.41) is 11.9. The molecule has 1 N–H and O–H groups in total. The van der Waals surface area contributed by atoms with Crippen LogP contribution in [-0.2, 0) is 14.1 Å². The Hall–Kier alpha value is -3.88. The highest BCUT2D eigenvalue weighted by Crippen LogP contribution is 2.36. The van der Waals surface area contributed by atoms with Crippen molar-refractivity contribution in [2.45, 2.75) is 0 Å². The van der Waals surface area contributed by atoms with E-state index in [2.05, 4.69) is 20.3 Å². The molecule has 0 spiro atoms. The molecule has 0 atom stereocenters. The van der Waals surface area contributed by atoms with Crippen LogP contribution in [0.25, 0.3) is 38.9 Å². The van der Waals surface area contributed by atoms with E-state index in [-0.39, 0.29) is 5.69 Å². The lowest BCUT2D eigenvalue weighted by Gasteiger charge is -2.11. The molecular formula is C19H17N7O2. The molecule has 0 aliphatic rings. The topological polar surface area (TPSA) is 95.6 Å². The zero-order valence-electron chi connectivity index (χ0n) is 15.5. The van der Waals surface area contributed by atoms with Gasteiger partial charge in [0.15, 0.2) is 0 Å². The normalized spacial score (nSPS) is 11.5. The smallest absolute Gasteiger partial charge is 0.334 e. The first-order chi connectivity index (χ1) is 13.6. The van der Waals surface area contributed by atoms with E-state index in [4.69, 9.17) is 4.74 Å². The van der Waals surface area contributed by atoms with Crippen molar-refractivity contribution in [3.05, 3.63) is 53.5 Å². The van der Waals surface area contributed by atoms with Gasteiger partial charge in [0.1, 0.15) is 11.6 Å². The summed E-state index contributed by atoms with van der Waals surface area (Å²) in [5.41, 5.74) is 3.84. The lowest BCUT2D eigenvalue weighted by Crippen LogP contribution is -2.22. The maximum Gasteiger partial charge on any atom is 0.334 e. The minimum absolute atomic E-state index is 0.159. The summed E-state index contributed by atoms with van der Waals surface area (Å²) in [6, 6.07) is 5.68. The van der Waals surface area contributed by atoms with Crippen LogP contribution in [0.3, 0.4) is 0 Å². The number of methoxy groups -OCH3 is 1. The number of aromatic nitrogens is 7. The van der Waals surface area contributed by atoms with Gasteiger partial charge in [0.05, 0.1) is 42.3 Å². The molecule has 4 aromatic heterocycles. The summed E-state index contributed by atoms with van der Waals surface area (Å²) in [7, 11) is 5.17. The Morgan fingerprint density at radius 1 is 1.18 bits per heavy atom. The maximum atomic E-state index is 13.0. The quantitative estimate of drug-likeness (QED) is 0.520. The average Bonchev–Trinajstić information content (AvgIpc) is 3.43. The molecule has 5 aromatic rings. The predicted molar refractivity (Wildman–Crippen MR) is 105 cm³/mol. The number of benzene rings is 1. The van der Waals surface area contributed by atoms with Crippen LogP contribution in [0.1, 0.15) is 0 Å². The van der Waals surface area contributed by atoms with Gasteiger partial charge in [-0.1, -0.05) is 0 Å². The molecule has 140 valence electrons. The van der Waals surface area contributed by atoms with Gasteiger partial charge in [0.2, 0.25) is 0 Å². The molecule has 0 radical (unpaired) electrons. The summed E-state index contributed by atoms with van der Waals surface area (Å²) < 4.78 is 10.5. The second kappa shape index (κ2) is 5.81. The number of nitrogens with one attached hydrogen (secondary N) is 1. The Kier molecular flexibility index (Phi) is 3.38. The third-order valence-electron chi connectivity index (χ3n) is 5.04. The number of ether oxygens (including phenoxy) is 1. The van der Waals surface area contributed by atoms with E-state index in [0.29, 0.717) is 11.6 Å². The molecule has 0 aliphatic heterocycles. The average molecular weight is 375 g/mol. The van der Waals surface area contributed by atoms with Crippen LogP contribution in [0, 0.1) is 0 Å². The molecule has 28 heavy (non-hydrogen) atoms. The van der Waals surface area contributed by atoms with Crippen molar-refractivity contribution < 1.29 is 4.74 Å². The number of H-pyrrole nitrogens is 1. The molecule has 1 aromatic carbocycles. The fourth-order valence-electron chi connectivity index (χ4n) is 3.62. The van der Waals surface area contributed by atoms with Crippen LogP contribution in [0.5, 0.6) is 5.75 Å². The molecule has 5 rings (SSSR count). The summed E-state index contributed by atoms with van der Waals surface area (Å²) in [6.07, 6.45) is 6.92. The summed E-state index contributed by atoms with van der Waals surface area (Å²) in [6.45, 7) is 0. The molecule has 0 amide bonds. The van der Waals surface area contributed by atoms with Crippen LogP contribution in [0.2, 0.25) is 0 Å². The first kappa shape index (κ1) is 16.3. The number of hydrogen-bond donors (Lipinski definition) is 1. The Morgan fingerprint density at radius 2 is 2.04 bits per heavy atom. The largest absolute Gasteiger partial charge is 0.496 e. The Balaban J connectivity index is 1.97. The van der Waals surface area contributed by atoms with Crippen LogP contribution in [0.15, 0.2) is 47.8 Å². The van der Waals surface area contributed by atoms with Crippen molar-refractivity contribution >= 4 is 21.9 Å². The molecule has 0 fully saturated rings. The summed E-state index contributed by atoms with van der Waals surface area (Å²) >= 11 is 0. The minimum atomic E-state index is -0.159. The predicted octanol–water partition coefficient (Wildman–Crippen LogP) is 2.01. The van der Waals surface area contributed by atoms with E-state index in [1.807, 2.05) is 25.2 Å². The van der Waals surface area contributed by atoms with Crippen molar-refractivity contribution in [2.75, 3.05) is 7.11 Å². The third kappa shape index (κ3) is 2.13. The van der Waals surface area contributed by atoms with Crippen molar-refractivity contribution in [2.24, 2.45) is 14.1 Å². The van der Waals surface area contributed by atoms with Crippen LogP contribution in [-0.4, -0.2) is 41.2 Å². The zero-order chi connectivity index (χ0) is 19.4. The number of aromatic amines is 1. The molecule has 0 aliphatic carbocycles. The van der Waals surface area contributed by atoms with Gasteiger partial charge in [-0.3, -0.25) is 19.3 Å². The van der Waals surface area contributed by atoms with Crippen molar-refractivity contribution in [1.29, 1.82) is 0 Å². The minimum Gasteiger partial charge on any atom is -0.496 e. The van der Waals surface area contributed by atoms with Crippen molar-refractivity contribution in [3.8, 4) is 22.7 Å². The van der Waals surface area contributed by atoms with E-state index in [0.717, 1.165) is 33.1 Å². The number of imidazole rings is 1. The van der Waals surface area contributed by atoms with Crippen LogP contribution in [0.4, 0.5) is 0 Å². The van der Waals surface area contributed by atoms with E-state index in [9.17, 15) is 4.79 Å². The lowest BCUT2D eigenvalue weighted by atomic mass is 10.0. The second-order valence-corrected chi connectivity index (χ2v) is 6.54. The van der Waals surface area contributed by atoms with E-state index < -0.39 is 0 Å². The fourth-order valence-corrected chi connectivity index (χ4v) is 3.62. The number of hydrogen-bond acceptors (Lipinski definition) is 5. The number of fused-ring (bicyclic) bond motifs is 3.